The standard InChI is InChI=1S/C22H26ClN3O2/c23-19-5-1-17(2-6-19)10-25-11-18-12-26(13-21(25)15-28-14-18)22(27)9-16-3-7-20(24)8-4-16/h1-8,18,21H,9-15,24H2/t18-,21+/m1/s1. The van der Waals surface area contributed by atoms with E-state index < -0.39 is 0 Å². The number of rotatable bonds is 4. The van der Waals surface area contributed by atoms with Gasteiger partial charge in [0.2, 0.25) is 5.91 Å². The number of halogens is 1. The molecular weight excluding hydrogens is 374 g/mol. The zero-order valence-corrected chi connectivity index (χ0v) is 16.6. The summed E-state index contributed by atoms with van der Waals surface area (Å²) in [6.45, 7) is 4.62. The van der Waals surface area contributed by atoms with Gasteiger partial charge in [0.1, 0.15) is 0 Å². The first-order valence-corrected chi connectivity index (χ1v) is 10.1. The van der Waals surface area contributed by atoms with Crippen LogP contribution in [0.2, 0.25) is 5.02 Å². The minimum atomic E-state index is 0.176. The Hall–Kier alpha value is -2.08. The van der Waals surface area contributed by atoms with Crippen molar-refractivity contribution >= 4 is 23.2 Å². The third-order valence-corrected chi connectivity index (χ3v) is 5.82. The van der Waals surface area contributed by atoms with E-state index >= 15 is 0 Å². The molecule has 2 fully saturated rings. The molecule has 6 heteroatoms. The first kappa shape index (κ1) is 19.2. The van der Waals surface area contributed by atoms with Gasteiger partial charge in [-0.15, -0.1) is 0 Å². The maximum absolute atomic E-state index is 13.0. The van der Waals surface area contributed by atoms with Gasteiger partial charge in [0, 0.05) is 42.8 Å². The molecule has 0 aromatic heterocycles. The Morgan fingerprint density at radius 3 is 2.46 bits per heavy atom. The predicted molar refractivity (Wildman–Crippen MR) is 111 cm³/mol. The fraction of sp³-hybridized carbons (Fsp3) is 0.409. The van der Waals surface area contributed by atoms with Crippen molar-refractivity contribution in [3.05, 3.63) is 64.7 Å². The molecule has 2 N–H and O–H groups in total. The lowest BCUT2D eigenvalue weighted by atomic mass is 10.1. The summed E-state index contributed by atoms with van der Waals surface area (Å²) in [5, 5.41) is 0.751. The number of carbonyl (C=O) groups excluding carboxylic acids is 1. The number of hydrogen-bond donors (Lipinski definition) is 1. The van der Waals surface area contributed by atoms with Crippen molar-refractivity contribution in [2.45, 2.75) is 19.0 Å². The van der Waals surface area contributed by atoms with Gasteiger partial charge in [0.05, 0.1) is 25.7 Å². The lowest BCUT2D eigenvalue weighted by Gasteiger charge is -2.31. The summed E-state index contributed by atoms with van der Waals surface area (Å²) in [5.74, 6) is 0.505. The molecule has 0 aliphatic carbocycles. The number of hydrogen-bond acceptors (Lipinski definition) is 4. The molecule has 148 valence electrons. The van der Waals surface area contributed by atoms with E-state index in [1.54, 1.807) is 0 Å². The molecule has 0 radical (unpaired) electrons. The smallest absolute Gasteiger partial charge is 0.227 e. The Balaban J connectivity index is 1.45. The maximum Gasteiger partial charge on any atom is 0.227 e. The second kappa shape index (κ2) is 8.52. The minimum absolute atomic E-state index is 0.176. The monoisotopic (exact) mass is 399 g/mol. The number of fused-ring (bicyclic) bond motifs is 3. The molecule has 0 spiro atoms. The topological polar surface area (TPSA) is 58.8 Å². The summed E-state index contributed by atoms with van der Waals surface area (Å²) < 4.78 is 5.89. The zero-order chi connectivity index (χ0) is 19.5. The number of nitrogens with zero attached hydrogens (tertiary/aromatic N) is 2. The van der Waals surface area contributed by atoms with Gasteiger partial charge in [-0.2, -0.15) is 0 Å². The number of anilines is 1. The molecule has 0 unspecified atom stereocenters. The first-order chi connectivity index (χ1) is 13.6. The van der Waals surface area contributed by atoms with E-state index in [4.69, 9.17) is 22.1 Å². The van der Waals surface area contributed by atoms with Crippen LogP contribution < -0.4 is 5.73 Å². The molecule has 2 aromatic carbocycles. The number of benzene rings is 2. The molecule has 5 nitrogen and oxygen atoms in total. The third kappa shape index (κ3) is 4.66. The molecule has 2 saturated heterocycles. The third-order valence-electron chi connectivity index (χ3n) is 5.57. The van der Waals surface area contributed by atoms with E-state index in [2.05, 4.69) is 17.0 Å². The molecule has 0 saturated carbocycles. The predicted octanol–water partition coefficient (Wildman–Crippen LogP) is 2.82. The number of nitrogens with two attached hydrogens (primary N) is 1. The summed E-state index contributed by atoms with van der Waals surface area (Å²) in [7, 11) is 0. The number of nitrogen functional groups attached to an aromatic ring is 1. The lowest BCUT2D eigenvalue weighted by Crippen LogP contribution is -2.46. The van der Waals surface area contributed by atoms with Crippen molar-refractivity contribution < 1.29 is 9.53 Å². The molecule has 28 heavy (non-hydrogen) atoms. The van der Waals surface area contributed by atoms with Crippen LogP contribution in [0.15, 0.2) is 48.5 Å². The lowest BCUT2D eigenvalue weighted by molar-refractivity contribution is -0.132. The van der Waals surface area contributed by atoms with Gasteiger partial charge in [-0.25, -0.2) is 0 Å². The summed E-state index contributed by atoms with van der Waals surface area (Å²) in [4.78, 5) is 17.4. The minimum Gasteiger partial charge on any atom is -0.399 e. The van der Waals surface area contributed by atoms with E-state index in [-0.39, 0.29) is 11.9 Å². The molecule has 2 atom stereocenters. The van der Waals surface area contributed by atoms with Gasteiger partial charge in [-0.05, 0) is 35.4 Å². The van der Waals surface area contributed by atoms with Crippen molar-refractivity contribution in [2.75, 3.05) is 38.6 Å². The highest BCUT2D eigenvalue weighted by atomic mass is 35.5. The average molecular weight is 400 g/mol. The second-order valence-electron chi connectivity index (χ2n) is 7.83. The van der Waals surface area contributed by atoms with Crippen molar-refractivity contribution in [1.82, 2.24) is 9.80 Å². The average Bonchev–Trinajstić information content (AvgIpc) is 2.95. The van der Waals surface area contributed by atoms with E-state index in [0.29, 0.717) is 32.1 Å². The molecule has 2 bridgehead atoms. The zero-order valence-electron chi connectivity index (χ0n) is 15.9. The second-order valence-corrected chi connectivity index (χ2v) is 8.27. The Labute approximate surface area is 171 Å². The fourth-order valence-electron chi connectivity index (χ4n) is 4.07. The highest BCUT2D eigenvalue weighted by molar-refractivity contribution is 6.30. The largest absolute Gasteiger partial charge is 0.399 e. The number of amides is 1. The van der Waals surface area contributed by atoms with Gasteiger partial charge in [-0.1, -0.05) is 35.9 Å². The summed E-state index contributed by atoms with van der Waals surface area (Å²) >= 11 is 6.01. The number of ether oxygens (including phenoxy) is 1. The molecular formula is C22H26ClN3O2. The van der Waals surface area contributed by atoms with Gasteiger partial charge in [0.25, 0.3) is 0 Å². The van der Waals surface area contributed by atoms with E-state index in [0.717, 1.165) is 35.9 Å². The van der Waals surface area contributed by atoms with E-state index in [1.807, 2.05) is 41.3 Å². The van der Waals surface area contributed by atoms with E-state index in [9.17, 15) is 4.79 Å². The molecule has 2 aliphatic heterocycles. The van der Waals surface area contributed by atoms with Gasteiger partial charge >= 0.3 is 0 Å². The van der Waals surface area contributed by atoms with E-state index in [1.165, 1.54) is 5.56 Å². The Morgan fingerprint density at radius 1 is 1.00 bits per heavy atom. The van der Waals surface area contributed by atoms with Crippen LogP contribution in [0.3, 0.4) is 0 Å². The van der Waals surface area contributed by atoms with Crippen LogP contribution in [0.25, 0.3) is 0 Å². The maximum atomic E-state index is 13.0. The highest BCUT2D eigenvalue weighted by Gasteiger charge is 2.34. The van der Waals surface area contributed by atoms with Crippen LogP contribution in [0.1, 0.15) is 11.1 Å². The molecule has 4 rings (SSSR count). The van der Waals surface area contributed by atoms with Crippen LogP contribution in [0, 0.1) is 5.92 Å². The van der Waals surface area contributed by atoms with Gasteiger partial charge in [0.15, 0.2) is 0 Å². The summed E-state index contributed by atoms with van der Waals surface area (Å²) in [6.07, 6.45) is 0.414. The fourth-order valence-corrected chi connectivity index (χ4v) is 4.20. The van der Waals surface area contributed by atoms with Crippen LogP contribution in [0.4, 0.5) is 5.69 Å². The van der Waals surface area contributed by atoms with Gasteiger partial charge in [-0.3, -0.25) is 9.69 Å². The van der Waals surface area contributed by atoms with Gasteiger partial charge < -0.3 is 15.4 Å². The van der Waals surface area contributed by atoms with Crippen molar-refractivity contribution in [3.63, 3.8) is 0 Å². The molecule has 1 amide bonds. The Morgan fingerprint density at radius 2 is 1.71 bits per heavy atom. The van der Waals surface area contributed by atoms with Crippen LogP contribution in [-0.2, 0) is 22.5 Å². The SMILES string of the molecule is Nc1ccc(CC(=O)N2C[C@@H]3COC[C@H](C2)N(Cc2ccc(Cl)cc2)C3)cc1. The molecule has 2 aromatic rings. The first-order valence-electron chi connectivity index (χ1n) is 9.75. The molecule has 2 aliphatic rings. The normalized spacial score (nSPS) is 22.7. The van der Waals surface area contributed by atoms with Crippen molar-refractivity contribution in [2.24, 2.45) is 5.92 Å². The molecule has 2 heterocycles. The number of carbonyl (C=O) groups is 1. The summed E-state index contributed by atoms with van der Waals surface area (Å²) in [6, 6.07) is 15.8. The van der Waals surface area contributed by atoms with Crippen molar-refractivity contribution in [1.29, 1.82) is 0 Å². The van der Waals surface area contributed by atoms with Crippen molar-refractivity contribution in [3.8, 4) is 0 Å². The Bertz CT molecular complexity index is 810. The Kier molecular flexibility index (Phi) is 5.85. The van der Waals surface area contributed by atoms with Crippen LogP contribution in [-0.4, -0.2) is 54.6 Å². The van der Waals surface area contributed by atoms with Crippen LogP contribution >= 0.6 is 11.6 Å². The van der Waals surface area contributed by atoms with Crippen LogP contribution in [0.5, 0.6) is 0 Å². The highest BCUT2D eigenvalue weighted by Crippen LogP contribution is 2.23. The quantitative estimate of drug-likeness (QED) is 0.803. The summed E-state index contributed by atoms with van der Waals surface area (Å²) in [5.41, 5.74) is 8.70.